The van der Waals surface area contributed by atoms with E-state index in [1.165, 1.54) is 18.2 Å². The van der Waals surface area contributed by atoms with Crippen LogP contribution in [0.2, 0.25) is 0 Å². The molecule has 0 aliphatic carbocycles. The first kappa shape index (κ1) is 14.2. The summed E-state index contributed by atoms with van der Waals surface area (Å²) in [6, 6.07) is 3.85. The van der Waals surface area contributed by atoms with Gasteiger partial charge in [-0.25, -0.2) is 4.39 Å². The van der Waals surface area contributed by atoms with Crippen LogP contribution in [-0.2, 0) is 9.59 Å². The molecule has 4 nitrogen and oxygen atoms in total. The first-order chi connectivity index (χ1) is 8.63. The van der Waals surface area contributed by atoms with E-state index in [2.05, 4.69) is 5.32 Å². The number of hydrogen-bond donors (Lipinski definition) is 2. The number of benzene rings is 1. The Morgan fingerprint density at radius 3 is 2.78 bits per heavy atom. The molecule has 0 unspecified atom stereocenters. The largest absolute Gasteiger partial charge is 0.397 e. The molecule has 0 saturated carbocycles. The van der Waals surface area contributed by atoms with Gasteiger partial charge >= 0.3 is 0 Å². The smallest absolute Gasteiger partial charge is 0.224 e. The molecule has 0 heterocycles. The normalized spacial score (nSPS) is 10.1. The molecule has 0 radical (unpaired) electrons. The molecule has 98 valence electrons. The van der Waals surface area contributed by atoms with Gasteiger partial charge in [0, 0.05) is 12.8 Å². The molecular formula is C13H17FN2O2. The number of carbonyl (C=O) groups excluding carboxylic acids is 2. The van der Waals surface area contributed by atoms with Crippen LogP contribution in [0, 0.1) is 5.82 Å². The number of nitrogens with two attached hydrogens (primary N) is 1. The maximum atomic E-state index is 12.8. The lowest BCUT2D eigenvalue weighted by molar-refractivity contribution is -0.116. The second-order valence-electron chi connectivity index (χ2n) is 4.05. The molecule has 1 amide bonds. The fourth-order valence-electron chi connectivity index (χ4n) is 1.55. The number of anilines is 2. The van der Waals surface area contributed by atoms with Gasteiger partial charge in [-0.05, 0) is 31.0 Å². The highest BCUT2D eigenvalue weighted by Gasteiger charge is 2.05. The van der Waals surface area contributed by atoms with E-state index in [1.807, 2.05) is 0 Å². The Bertz CT molecular complexity index is 421. The Morgan fingerprint density at radius 1 is 1.33 bits per heavy atom. The first-order valence-electron chi connectivity index (χ1n) is 5.92. The third-order valence-electron chi connectivity index (χ3n) is 2.51. The van der Waals surface area contributed by atoms with Gasteiger partial charge in [-0.2, -0.15) is 0 Å². The van der Waals surface area contributed by atoms with Crippen LogP contribution < -0.4 is 11.1 Å². The van der Waals surface area contributed by atoms with Crippen LogP contribution in [0.3, 0.4) is 0 Å². The predicted molar refractivity (Wildman–Crippen MR) is 68.6 cm³/mol. The van der Waals surface area contributed by atoms with E-state index in [9.17, 15) is 14.0 Å². The van der Waals surface area contributed by atoms with Crippen molar-refractivity contribution in [2.75, 3.05) is 11.1 Å². The van der Waals surface area contributed by atoms with Crippen molar-refractivity contribution in [2.45, 2.75) is 32.1 Å². The monoisotopic (exact) mass is 252 g/mol. The van der Waals surface area contributed by atoms with E-state index < -0.39 is 5.82 Å². The van der Waals surface area contributed by atoms with Crippen molar-refractivity contribution in [3.8, 4) is 0 Å². The third-order valence-corrected chi connectivity index (χ3v) is 2.51. The van der Waals surface area contributed by atoms with Crippen molar-refractivity contribution >= 4 is 23.6 Å². The molecule has 1 rings (SSSR count). The summed E-state index contributed by atoms with van der Waals surface area (Å²) in [4.78, 5) is 21.6. The van der Waals surface area contributed by atoms with Gasteiger partial charge in [0.2, 0.25) is 5.91 Å². The van der Waals surface area contributed by atoms with Crippen molar-refractivity contribution in [1.82, 2.24) is 0 Å². The molecule has 0 spiro atoms. The number of rotatable bonds is 7. The van der Waals surface area contributed by atoms with Crippen molar-refractivity contribution in [1.29, 1.82) is 0 Å². The van der Waals surface area contributed by atoms with Crippen LogP contribution in [0.1, 0.15) is 32.1 Å². The predicted octanol–water partition coefficient (Wildman–Crippen LogP) is 2.50. The number of nitrogens with one attached hydrogen (secondary N) is 1. The molecule has 0 atom stereocenters. The van der Waals surface area contributed by atoms with Crippen molar-refractivity contribution in [3.63, 3.8) is 0 Å². The van der Waals surface area contributed by atoms with Crippen LogP contribution >= 0.6 is 0 Å². The van der Waals surface area contributed by atoms with E-state index in [1.54, 1.807) is 0 Å². The molecule has 1 aromatic rings. The Morgan fingerprint density at radius 2 is 2.11 bits per heavy atom. The van der Waals surface area contributed by atoms with Crippen molar-refractivity contribution in [2.24, 2.45) is 0 Å². The summed E-state index contributed by atoms with van der Waals surface area (Å²) < 4.78 is 12.8. The zero-order valence-electron chi connectivity index (χ0n) is 10.1. The lowest BCUT2D eigenvalue weighted by Crippen LogP contribution is -2.12. The van der Waals surface area contributed by atoms with E-state index in [4.69, 9.17) is 5.73 Å². The number of nitrogen functional groups attached to an aromatic ring is 1. The first-order valence-corrected chi connectivity index (χ1v) is 5.92. The number of hydrogen-bond acceptors (Lipinski definition) is 3. The standard InChI is InChI=1S/C13H17FN2O2/c14-10-6-7-12(11(15)9-10)16-13(18)5-3-1-2-4-8-17/h6-9H,1-5,15H2,(H,16,18). The fourth-order valence-corrected chi connectivity index (χ4v) is 1.55. The number of halogens is 1. The Labute approximate surface area is 105 Å². The number of aldehydes is 1. The molecule has 5 heteroatoms. The zero-order chi connectivity index (χ0) is 13.4. The highest BCUT2D eigenvalue weighted by molar-refractivity contribution is 5.93. The lowest BCUT2D eigenvalue weighted by atomic mass is 10.1. The minimum atomic E-state index is -0.431. The maximum absolute atomic E-state index is 12.8. The molecule has 0 aliphatic heterocycles. The summed E-state index contributed by atoms with van der Waals surface area (Å²) in [6.45, 7) is 0. The highest BCUT2D eigenvalue weighted by atomic mass is 19.1. The number of amides is 1. The van der Waals surface area contributed by atoms with E-state index in [0.717, 1.165) is 25.5 Å². The zero-order valence-corrected chi connectivity index (χ0v) is 10.1. The van der Waals surface area contributed by atoms with Crippen LogP contribution in [0.4, 0.5) is 15.8 Å². The van der Waals surface area contributed by atoms with Crippen molar-refractivity contribution < 1.29 is 14.0 Å². The SMILES string of the molecule is Nc1cc(F)ccc1NC(=O)CCCCCC=O. The number of unbranched alkanes of at least 4 members (excludes halogenated alkanes) is 3. The molecular weight excluding hydrogens is 235 g/mol. The topological polar surface area (TPSA) is 72.2 Å². The minimum absolute atomic E-state index is 0.153. The van der Waals surface area contributed by atoms with Crippen LogP contribution in [0.15, 0.2) is 18.2 Å². The van der Waals surface area contributed by atoms with Crippen LogP contribution in [0.5, 0.6) is 0 Å². The van der Waals surface area contributed by atoms with Gasteiger partial charge < -0.3 is 15.8 Å². The van der Waals surface area contributed by atoms with Gasteiger partial charge in [0.05, 0.1) is 11.4 Å². The number of carbonyl (C=O) groups is 2. The Hall–Kier alpha value is -1.91. The fraction of sp³-hybridized carbons (Fsp3) is 0.385. The summed E-state index contributed by atoms with van der Waals surface area (Å²) >= 11 is 0. The molecule has 18 heavy (non-hydrogen) atoms. The quantitative estimate of drug-likeness (QED) is 0.445. The summed E-state index contributed by atoms with van der Waals surface area (Å²) in [5, 5.41) is 2.63. The Balaban J connectivity index is 2.33. The maximum Gasteiger partial charge on any atom is 0.224 e. The van der Waals surface area contributed by atoms with Gasteiger partial charge in [0.25, 0.3) is 0 Å². The van der Waals surface area contributed by atoms with E-state index in [-0.39, 0.29) is 11.6 Å². The van der Waals surface area contributed by atoms with E-state index >= 15 is 0 Å². The second-order valence-corrected chi connectivity index (χ2v) is 4.05. The second kappa shape index (κ2) is 7.42. The lowest BCUT2D eigenvalue weighted by Gasteiger charge is -2.07. The molecule has 0 aliphatic rings. The minimum Gasteiger partial charge on any atom is -0.397 e. The van der Waals surface area contributed by atoms with Gasteiger partial charge in [0.1, 0.15) is 12.1 Å². The van der Waals surface area contributed by atoms with Gasteiger partial charge in [-0.15, -0.1) is 0 Å². The Kier molecular flexibility index (Phi) is 5.84. The molecule has 0 saturated heterocycles. The average Bonchev–Trinajstić information content (AvgIpc) is 2.32. The van der Waals surface area contributed by atoms with Gasteiger partial charge in [-0.1, -0.05) is 6.42 Å². The third kappa shape index (κ3) is 4.95. The highest BCUT2D eigenvalue weighted by Crippen LogP contribution is 2.19. The van der Waals surface area contributed by atoms with E-state index in [0.29, 0.717) is 18.5 Å². The summed E-state index contributed by atoms with van der Waals surface area (Å²) in [7, 11) is 0. The van der Waals surface area contributed by atoms with Gasteiger partial charge in [-0.3, -0.25) is 4.79 Å². The molecule has 0 bridgehead atoms. The van der Waals surface area contributed by atoms with Crippen molar-refractivity contribution in [3.05, 3.63) is 24.0 Å². The molecule has 3 N–H and O–H groups in total. The molecule has 0 aromatic heterocycles. The summed E-state index contributed by atoms with van der Waals surface area (Å²) in [5.74, 6) is -0.584. The molecule has 0 fully saturated rings. The van der Waals surface area contributed by atoms with Crippen LogP contribution in [-0.4, -0.2) is 12.2 Å². The average molecular weight is 252 g/mol. The van der Waals surface area contributed by atoms with Gasteiger partial charge in [0.15, 0.2) is 0 Å². The van der Waals surface area contributed by atoms with Crippen LogP contribution in [0.25, 0.3) is 0 Å². The molecule has 1 aromatic carbocycles. The summed E-state index contributed by atoms with van der Waals surface area (Å²) in [6.07, 6.45) is 4.14. The summed E-state index contributed by atoms with van der Waals surface area (Å²) in [5.41, 5.74) is 6.21.